The molecule has 1 saturated heterocycles. The lowest BCUT2D eigenvalue weighted by molar-refractivity contribution is 0.216. The van der Waals surface area contributed by atoms with Crippen molar-refractivity contribution in [2.45, 2.75) is 20.3 Å². The molecule has 0 radical (unpaired) electrons. The van der Waals surface area contributed by atoms with Gasteiger partial charge in [0.15, 0.2) is 5.11 Å². The molecule has 18 heavy (non-hydrogen) atoms. The Morgan fingerprint density at radius 2 is 1.78 bits per heavy atom. The highest BCUT2D eigenvalue weighted by Crippen LogP contribution is 2.21. The number of rotatable bonds is 1. The Bertz CT molecular complexity index is 408. The molecule has 0 unspecified atom stereocenters. The molecule has 0 aromatic heterocycles. The topological polar surface area (TPSA) is 15.3 Å². The SMILES string of the molecule is C[C@@H]1C[C@H](C)CN(C(=S)Nc2ccc(F)cc2)C1. The molecule has 2 nitrogen and oxygen atoms in total. The van der Waals surface area contributed by atoms with Gasteiger partial charge in [-0.3, -0.25) is 0 Å². The number of nitrogens with one attached hydrogen (secondary N) is 1. The first-order valence-corrected chi connectivity index (χ1v) is 6.77. The van der Waals surface area contributed by atoms with E-state index in [0.29, 0.717) is 11.8 Å². The van der Waals surface area contributed by atoms with E-state index < -0.39 is 0 Å². The van der Waals surface area contributed by atoms with E-state index in [1.807, 2.05) is 0 Å². The fourth-order valence-electron chi connectivity index (χ4n) is 2.56. The van der Waals surface area contributed by atoms with E-state index in [4.69, 9.17) is 12.2 Å². The molecule has 1 fully saturated rings. The first-order chi connectivity index (χ1) is 8.54. The van der Waals surface area contributed by atoms with Gasteiger partial charge < -0.3 is 10.2 Å². The van der Waals surface area contributed by atoms with Gasteiger partial charge in [-0.15, -0.1) is 0 Å². The van der Waals surface area contributed by atoms with Gasteiger partial charge in [0, 0.05) is 18.8 Å². The Morgan fingerprint density at radius 1 is 1.22 bits per heavy atom. The summed E-state index contributed by atoms with van der Waals surface area (Å²) in [6.45, 7) is 6.50. The summed E-state index contributed by atoms with van der Waals surface area (Å²) in [6.07, 6.45) is 1.26. The van der Waals surface area contributed by atoms with Gasteiger partial charge >= 0.3 is 0 Å². The molecule has 98 valence electrons. The molecule has 0 spiro atoms. The highest BCUT2D eigenvalue weighted by molar-refractivity contribution is 7.80. The van der Waals surface area contributed by atoms with Gasteiger partial charge in [0.2, 0.25) is 0 Å². The predicted octanol–water partition coefficient (Wildman–Crippen LogP) is 3.50. The van der Waals surface area contributed by atoms with Crippen LogP contribution in [0.25, 0.3) is 0 Å². The second-order valence-corrected chi connectivity index (χ2v) is 5.67. The minimum absolute atomic E-state index is 0.230. The Morgan fingerprint density at radius 3 is 2.33 bits per heavy atom. The maximum atomic E-state index is 12.8. The minimum atomic E-state index is -0.230. The summed E-state index contributed by atoms with van der Waals surface area (Å²) in [4.78, 5) is 2.21. The third-order valence-electron chi connectivity index (χ3n) is 3.25. The third kappa shape index (κ3) is 3.42. The summed E-state index contributed by atoms with van der Waals surface area (Å²) in [6, 6.07) is 6.29. The normalized spacial score (nSPS) is 23.8. The van der Waals surface area contributed by atoms with E-state index in [-0.39, 0.29) is 5.82 Å². The van der Waals surface area contributed by atoms with Crippen molar-refractivity contribution < 1.29 is 4.39 Å². The number of thiocarbonyl (C=S) groups is 1. The number of benzene rings is 1. The van der Waals surface area contributed by atoms with Gasteiger partial charge in [0.25, 0.3) is 0 Å². The van der Waals surface area contributed by atoms with Crippen molar-refractivity contribution >= 4 is 23.0 Å². The molecule has 1 aromatic carbocycles. The lowest BCUT2D eigenvalue weighted by Gasteiger charge is -2.36. The molecule has 0 saturated carbocycles. The van der Waals surface area contributed by atoms with Crippen LogP contribution < -0.4 is 5.32 Å². The van der Waals surface area contributed by atoms with Crippen molar-refractivity contribution in [2.75, 3.05) is 18.4 Å². The summed E-state index contributed by atoms with van der Waals surface area (Å²) in [5, 5.41) is 3.91. The zero-order valence-electron chi connectivity index (χ0n) is 10.8. The molecule has 0 aliphatic carbocycles. The van der Waals surface area contributed by atoms with Crippen LogP contribution in [0, 0.1) is 17.7 Å². The van der Waals surface area contributed by atoms with Crippen molar-refractivity contribution in [3.63, 3.8) is 0 Å². The van der Waals surface area contributed by atoms with Crippen molar-refractivity contribution in [1.29, 1.82) is 0 Å². The number of halogens is 1. The van der Waals surface area contributed by atoms with E-state index >= 15 is 0 Å². The summed E-state index contributed by atoms with van der Waals surface area (Å²) in [7, 11) is 0. The molecule has 1 N–H and O–H groups in total. The fourth-order valence-corrected chi connectivity index (χ4v) is 2.83. The van der Waals surface area contributed by atoms with Crippen LogP contribution in [-0.2, 0) is 0 Å². The fraction of sp³-hybridized carbons (Fsp3) is 0.500. The van der Waals surface area contributed by atoms with Gasteiger partial charge in [-0.05, 0) is 54.7 Å². The van der Waals surface area contributed by atoms with Gasteiger partial charge in [0.05, 0.1) is 0 Å². The van der Waals surface area contributed by atoms with Crippen LogP contribution in [0.15, 0.2) is 24.3 Å². The average Bonchev–Trinajstić information content (AvgIpc) is 2.31. The van der Waals surface area contributed by atoms with Crippen LogP contribution in [0.4, 0.5) is 10.1 Å². The number of nitrogens with zero attached hydrogens (tertiary/aromatic N) is 1. The highest BCUT2D eigenvalue weighted by Gasteiger charge is 2.23. The zero-order chi connectivity index (χ0) is 13.1. The predicted molar refractivity (Wildman–Crippen MR) is 77.1 cm³/mol. The maximum Gasteiger partial charge on any atom is 0.173 e. The van der Waals surface area contributed by atoms with Crippen molar-refractivity contribution in [1.82, 2.24) is 4.90 Å². The molecular formula is C14H19FN2S. The van der Waals surface area contributed by atoms with Crippen molar-refractivity contribution in [3.05, 3.63) is 30.1 Å². The second-order valence-electron chi connectivity index (χ2n) is 5.29. The molecule has 2 atom stereocenters. The lowest BCUT2D eigenvalue weighted by atomic mass is 9.92. The van der Waals surface area contributed by atoms with Gasteiger partial charge in [-0.25, -0.2) is 4.39 Å². The van der Waals surface area contributed by atoms with Crippen LogP contribution in [0.3, 0.4) is 0 Å². The molecule has 1 aliphatic heterocycles. The van der Waals surface area contributed by atoms with E-state index in [9.17, 15) is 4.39 Å². The first kappa shape index (κ1) is 13.3. The standard InChI is InChI=1S/C14H19FN2S/c1-10-7-11(2)9-17(8-10)14(18)16-13-5-3-12(15)4-6-13/h3-6,10-11H,7-9H2,1-2H3,(H,16,18)/t10-,11+. The van der Waals surface area contributed by atoms with Gasteiger partial charge in [0.1, 0.15) is 5.82 Å². The molecule has 0 amide bonds. The van der Waals surface area contributed by atoms with E-state index in [1.165, 1.54) is 18.6 Å². The summed E-state index contributed by atoms with van der Waals surface area (Å²) < 4.78 is 12.8. The molecule has 1 aromatic rings. The molecule has 2 rings (SSSR count). The van der Waals surface area contributed by atoms with Gasteiger partial charge in [-0.1, -0.05) is 13.8 Å². The van der Waals surface area contributed by atoms with Crippen molar-refractivity contribution in [2.24, 2.45) is 11.8 Å². The Labute approximate surface area is 113 Å². The van der Waals surface area contributed by atoms with E-state index in [0.717, 1.165) is 23.9 Å². The minimum Gasteiger partial charge on any atom is -0.348 e. The third-order valence-corrected chi connectivity index (χ3v) is 3.61. The Balaban J connectivity index is 1.97. The van der Waals surface area contributed by atoms with Crippen LogP contribution in [0.1, 0.15) is 20.3 Å². The number of anilines is 1. The second kappa shape index (κ2) is 5.65. The number of hydrogen-bond acceptors (Lipinski definition) is 1. The highest BCUT2D eigenvalue weighted by atomic mass is 32.1. The summed E-state index contributed by atoms with van der Waals surface area (Å²) >= 11 is 5.42. The largest absolute Gasteiger partial charge is 0.348 e. The average molecular weight is 266 g/mol. The number of piperidine rings is 1. The molecular weight excluding hydrogens is 247 g/mol. The smallest absolute Gasteiger partial charge is 0.173 e. The Kier molecular flexibility index (Phi) is 4.17. The van der Waals surface area contributed by atoms with Crippen LogP contribution >= 0.6 is 12.2 Å². The summed E-state index contributed by atoms with van der Waals surface area (Å²) in [5.41, 5.74) is 0.840. The van der Waals surface area contributed by atoms with E-state index in [2.05, 4.69) is 24.1 Å². The molecule has 1 heterocycles. The first-order valence-electron chi connectivity index (χ1n) is 6.36. The molecule has 4 heteroatoms. The molecule has 0 bridgehead atoms. The van der Waals surface area contributed by atoms with Crippen LogP contribution in [-0.4, -0.2) is 23.1 Å². The van der Waals surface area contributed by atoms with Gasteiger partial charge in [-0.2, -0.15) is 0 Å². The van der Waals surface area contributed by atoms with Crippen molar-refractivity contribution in [3.8, 4) is 0 Å². The number of hydrogen-bond donors (Lipinski definition) is 1. The quantitative estimate of drug-likeness (QED) is 0.783. The molecule has 1 aliphatic rings. The number of likely N-dealkylation sites (tertiary alicyclic amines) is 1. The lowest BCUT2D eigenvalue weighted by Crippen LogP contribution is -2.44. The zero-order valence-corrected chi connectivity index (χ0v) is 11.6. The monoisotopic (exact) mass is 266 g/mol. The Hall–Kier alpha value is -1.16. The summed E-state index contributed by atoms with van der Waals surface area (Å²) in [5.74, 6) is 1.11. The van der Waals surface area contributed by atoms with Crippen LogP contribution in [0.5, 0.6) is 0 Å². The van der Waals surface area contributed by atoms with E-state index in [1.54, 1.807) is 12.1 Å². The maximum absolute atomic E-state index is 12.8. The van der Waals surface area contributed by atoms with Crippen LogP contribution in [0.2, 0.25) is 0 Å².